The third-order valence-electron chi connectivity index (χ3n) is 4.12. The molecule has 0 aliphatic carbocycles. The van der Waals surface area contributed by atoms with Gasteiger partial charge in [0.05, 0.1) is 10.5 Å². The van der Waals surface area contributed by atoms with Crippen LogP contribution in [0.2, 0.25) is 0 Å². The molecule has 2 rings (SSSR count). The zero-order chi connectivity index (χ0) is 15.8. The number of carbonyl (C=O) groups is 1. The van der Waals surface area contributed by atoms with Gasteiger partial charge in [-0.2, -0.15) is 0 Å². The molecule has 1 aliphatic heterocycles. The maximum Gasteiger partial charge on any atom is 0.262 e. The van der Waals surface area contributed by atoms with E-state index >= 15 is 0 Å². The van der Waals surface area contributed by atoms with Gasteiger partial charge in [0, 0.05) is 22.8 Å². The Balaban J connectivity index is 2.50. The summed E-state index contributed by atoms with van der Waals surface area (Å²) in [5.74, 6) is -0.241. The van der Waals surface area contributed by atoms with E-state index in [-0.39, 0.29) is 28.4 Å². The van der Waals surface area contributed by atoms with Gasteiger partial charge in [0.1, 0.15) is 0 Å². The van der Waals surface area contributed by atoms with E-state index in [0.29, 0.717) is 0 Å². The van der Waals surface area contributed by atoms with Crippen molar-refractivity contribution in [2.45, 2.75) is 57.0 Å². The lowest BCUT2D eigenvalue weighted by molar-refractivity contribution is 0.0672. The Morgan fingerprint density at radius 1 is 1.38 bits per heavy atom. The van der Waals surface area contributed by atoms with Crippen molar-refractivity contribution in [3.05, 3.63) is 29.3 Å². The van der Waals surface area contributed by atoms with Gasteiger partial charge >= 0.3 is 0 Å². The summed E-state index contributed by atoms with van der Waals surface area (Å²) in [6.07, 6.45) is 2.77. The molecule has 1 heterocycles. The first kappa shape index (κ1) is 16.3. The third-order valence-corrected chi connectivity index (χ3v) is 5.50. The van der Waals surface area contributed by atoms with Crippen LogP contribution in [0, 0.1) is 6.92 Å². The van der Waals surface area contributed by atoms with E-state index < -0.39 is 9.05 Å². The van der Waals surface area contributed by atoms with Crippen molar-refractivity contribution in [3.63, 3.8) is 0 Å². The lowest BCUT2D eigenvalue weighted by Crippen LogP contribution is -2.40. The van der Waals surface area contributed by atoms with E-state index in [1.165, 1.54) is 6.07 Å². The number of halogens is 1. The molecule has 4 nitrogen and oxygen atoms in total. The molecule has 1 aliphatic rings. The quantitative estimate of drug-likeness (QED) is 0.799. The number of nitrogens with zero attached hydrogens (tertiary/aromatic N) is 1. The highest BCUT2D eigenvalue weighted by atomic mass is 35.7. The Morgan fingerprint density at radius 2 is 2.05 bits per heavy atom. The Hall–Kier alpha value is -1.07. The normalized spacial score (nSPS) is 22.6. The number of amides is 1. The highest BCUT2D eigenvalue weighted by Gasteiger charge is 2.35. The molecule has 0 N–H and O–H groups in total. The molecule has 0 aromatic heterocycles. The first-order valence-corrected chi connectivity index (χ1v) is 9.44. The second kappa shape index (κ2) is 5.97. The summed E-state index contributed by atoms with van der Waals surface area (Å²) in [4.78, 5) is 14.6. The van der Waals surface area contributed by atoms with Gasteiger partial charge in [0.2, 0.25) is 0 Å². The minimum Gasteiger partial charge on any atom is -0.333 e. The molecule has 1 saturated heterocycles. The van der Waals surface area contributed by atoms with Crippen molar-refractivity contribution in [2.24, 2.45) is 0 Å². The summed E-state index contributed by atoms with van der Waals surface area (Å²) in [5.41, 5.74) is 1.01. The number of rotatable bonds is 3. The minimum atomic E-state index is -3.94. The molecule has 21 heavy (non-hydrogen) atoms. The molecule has 0 bridgehead atoms. The molecule has 1 fully saturated rings. The molecule has 116 valence electrons. The summed E-state index contributed by atoms with van der Waals surface area (Å²) in [6.45, 7) is 5.86. The maximum atomic E-state index is 12.8. The molecule has 0 spiro atoms. The number of likely N-dealkylation sites (tertiary alicyclic amines) is 1. The predicted molar refractivity (Wildman–Crippen MR) is 83.2 cm³/mol. The Labute approximate surface area is 130 Å². The van der Waals surface area contributed by atoms with E-state index in [0.717, 1.165) is 24.8 Å². The number of carbonyl (C=O) groups excluding carboxylic acids is 1. The van der Waals surface area contributed by atoms with Crippen molar-refractivity contribution in [1.82, 2.24) is 4.90 Å². The van der Waals surface area contributed by atoms with E-state index in [9.17, 15) is 13.2 Å². The van der Waals surface area contributed by atoms with Crippen LogP contribution < -0.4 is 0 Å². The molecular weight excluding hydrogens is 310 g/mol. The summed E-state index contributed by atoms with van der Waals surface area (Å²) >= 11 is 0. The van der Waals surface area contributed by atoms with Gasteiger partial charge in [0.25, 0.3) is 15.0 Å². The number of hydrogen-bond acceptors (Lipinski definition) is 3. The van der Waals surface area contributed by atoms with E-state index in [2.05, 4.69) is 0 Å². The topological polar surface area (TPSA) is 54.5 Å². The number of hydrogen-bond donors (Lipinski definition) is 0. The van der Waals surface area contributed by atoms with Crippen LogP contribution in [-0.2, 0) is 9.05 Å². The molecule has 1 aromatic carbocycles. The highest BCUT2D eigenvalue weighted by molar-refractivity contribution is 8.13. The van der Waals surface area contributed by atoms with Crippen molar-refractivity contribution in [1.29, 1.82) is 0 Å². The van der Waals surface area contributed by atoms with Gasteiger partial charge in [-0.25, -0.2) is 8.42 Å². The molecule has 2 atom stereocenters. The van der Waals surface area contributed by atoms with E-state index in [1.807, 2.05) is 20.8 Å². The van der Waals surface area contributed by atoms with Crippen LogP contribution in [0.3, 0.4) is 0 Å². The molecular formula is C15H20ClNO3S. The highest BCUT2D eigenvalue weighted by Crippen LogP contribution is 2.30. The van der Waals surface area contributed by atoms with Crippen LogP contribution in [0.4, 0.5) is 0 Å². The molecule has 6 heteroatoms. The summed E-state index contributed by atoms with van der Waals surface area (Å²) in [7, 11) is 1.53. The van der Waals surface area contributed by atoms with Crippen molar-refractivity contribution < 1.29 is 13.2 Å². The van der Waals surface area contributed by atoms with E-state index in [4.69, 9.17) is 10.7 Å². The van der Waals surface area contributed by atoms with Crippen LogP contribution in [0.25, 0.3) is 0 Å². The van der Waals surface area contributed by atoms with Gasteiger partial charge in [0.15, 0.2) is 0 Å². The Bertz CT molecular complexity index is 657. The molecule has 0 radical (unpaired) electrons. The van der Waals surface area contributed by atoms with Crippen LogP contribution in [-0.4, -0.2) is 31.3 Å². The van der Waals surface area contributed by atoms with Gasteiger partial charge < -0.3 is 4.90 Å². The van der Waals surface area contributed by atoms with Crippen molar-refractivity contribution in [2.75, 3.05) is 0 Å². The summed E-state index contributed by atoms with van der Waals surface area (Å²) in [5, 5.41) is 0. The minimum absolute atomic E-state index is 0.103. The van der Waals surface area contributed by atoms with Crippen LogP contribution in [0.5, 0.6) is 0 Å². The number of benzene rings is 1. The lowest BCUT2D eigenvalue weighted by Gasteiger charge is -2.28. The van der Waals surface area contributed by atoms with Gasteiger partial charge in [-0.05, 0) is 45.2 Å². The zero-order valence-corrected chi connectivity index (χ0v) is 14.0. The third kappa shape index (κ3) is 3.24. The summed E-state index contributed by atoms with van der Waals surface area (Å²) in [6, 6.07) is 4.95. The smallest absolute Gasteiger partial charge is 0.262 e. The van der Waals surface area contributed by atoms with Crippen LogP contribution >= 0.6 is 10.7 Å². The molecule has 1 aromatic rings. The molecule has 1 amide bonds. The monoisotopic (exact) mass is 329 g/mol. The van der Waals surface area contributed by atoms with Crippen molar-refractivity contribution in [3.8, 4) is 0 Å². The van der Waals surface area contributed by atoms with Gasteiger partial charge in [-0.3, -0.25) is 4.79 Å². The largest absolute Gasteiger partial charge is 0.333 e. The summed E-state index contributed by atoms with van der Waals surface area (Å²) < 4.78 is 23.4. The molecule has 2 unspecified atom stereocenters. The average Bonchev–Trinajstić information content (AvgIpc) is 2.77. The predicted octanol–water partition coefficient (Wildman–Crippen LogP) is 3.33. The Kier molecular flexibility index (Phi) is 4.63. The standard InChI is InChI=1S/C15H20ClNO3S/c1-4-12-7-6-11(3)17(12)15(18)13-9-10(2)5-8-14(13)21(16,19)20/h5,8-9,11-12H,4,6-7H2,1-3H3. The fourth-order valence-corrected chi connectivity index (χ4v) is 4.04. The van der Waals surface area contributed by atoms with Crippen LogP contribution in [0.1, 0.15) is 49.0 Å². The SMILES string of the molecule is CCC1CCC(C)N1C(=O)c1cc(C)ccc1S(=O)(=O)Cl. The van der Waals surface area contributed by atoms with E-state index in [1.54, 1.807) is 17.0 Å². The van der Waals surface area contributed by atoms with Gasteiger partial charge in [-0.15, -0.1) is 0 Å². The fourth-order valence-electron chi connectivity index (χ4n) is 3.00. The second-order valence-corrected chi connectivity index (χ2v) is 8.17. The first-order chi connectivity index (χ1) is 9.75. The fraction of sp³-hybridized carbons (Fsp3) is 0.533. The second-order valence-electron chi connectivity index (χ2n) is 5.64. The van der Waals surface area contributed by atoms with Crippen LogP contribution in [0.15, 0.2) is 23.1 Å². The number of aryl methyl sites for hydroxylation is 1. The molecule has 0 saturated carbocycles. The van der Waals surface area contributed by atoms with Gasteiger partial charge in [-0.1, -0.05) is 18.6 Å². The zero-order valence-electron chi connectivity index (χ0n) is 12.5. The first-order valence-electron chi connectivity index (χ1n) is 7.13. The maximum absolute atomic E-state index is 12.8. The average molecular weight is 330 g/mol. The lowest BCUT2D eigenvalue weighted by atomic mass is 10.1. The Morgan fingerprint density at radius 3 is 2.62 bits per heavy atom. The van der Waals surface area contributed by atoms with Crippen molar-refractivity contribution >= 4 is 25.6 Å².